The van der Waals surface area contributed by atoms with Crippen LogP contribution in [0.1, 0.15) is 19.8 Å². The van der Waals surface area contributed by atoms with E-state index in [1.165, 1.54) is 0 Å². The van der Waals surface area contributed by atoms with Gasteiger partial charge in [-0.2, -0.15) is 0 Å². The summed E-state index contributed by atoms with van der Waals surface area (Å²) in [7, 11) is -2.15. The second-order valence-electron chi connectivity index (χ2n) is 1.50. The Balaban J connectivity index is 0. The summed E-state index contributed by atoms with van der Waals surface area (Å²) in [4.78, 5) is 8.23. The molecule has 0 saturated carbocycles. The average molecular weight is 266 g/mol. The third kappa shape index (κ3) is 10.5. The second-order valence-corrected chi connectivity index (χ2v) is 2.78. The molecule has 1 atom stereocenters. The maximum absolute atomic E-state index is 9.94. The van der Waals surface area contributed by atoms with E-state index in [0.717, 1.165) is 12.8 Å². The van der Waals surface area contributed by atoms with Crippen molar-refractivity contribution >= 4 is 8.03 Å². The summed E-state index contributed by atoms with van der Waals surface area (Å²) in [6, 6.07) is 0. The van der Waals surface area contributed by atoms with Gasteiger partial charge in [0.1, 0.15) is 0 Å². The Labute approximate surface area is 83.4 Å². The van der Waals surface area contributed by atoms with Crippen LogP contribution in [0.3, 0.4) is 0 Å². The second kappa shape index (κ2) is 8.54. The van der Waals surface area contributed by atoms with E-state index in [1.54, 1.807) is 0 Å². The molecule has 1 unspecified atom stereocenters. The van der Waals surface area contributed by atoms with Gasteiger partial charge in [-0.1, -0.05) is 13.3 Å². The van der Waals surface area contributed by atoms with E-state index >= 15 is 0 Å². The van der Waals surface area contributed by atoms with Crippen molar-refractivity contribution in [3.8, 4) is 0 Å². The van der Waals surface area contributed by atoms with Gasteiger partial charge in [0.2, 0.25) is 0 Å². The quantitative estimate of drug-likeness (QED) is 0.781. The van der Waals surface area contributed by atoms with E-state index in [4.69, 9.17) is 4.89 Å². The number of hydrogen-bond acceptors (Lipinski definition) is 1. The Kier molecular flexibility index (Phi) is 13.1. The summed E-state index contributed by atoms with van der Waals surface area (Å²) < 4.78 is 9.94. The van der Waals surface area contributed by atoms with Gasteiger partial charge < -0.3 is 4.89 Å². The summed E-state index contributed by atoms with van der Waals surface area (Å²) in [6.07, 6.45) is 2.40. The van der Waals surface area contributed by atoms with E-state index in [9.17, 15) is 4.57 Å². The van der Waals surface area contributed by atoms with Gasteiger partial charge in [-0.05, 0) is 6.42 Å². The fourth-order valence-corrected chi connectivity index (χ4v) is 0.984. The molecule has 0 aromatic heterocycles. The molecule has 8 heavy (non-hydrogen) atoms. The van der Waals surface area contributed by atoms with Crippen molar-refractivity contribution in [3.63, 3.8) is 0 Å². The van der Waals surface area contributed by atoms with E-state index in [1.807, 2.05) is 6.92 Å². The molecule has 0 aromatic rings. The number of unbranched alkanes of at least 4 members (excludes halogenated alkanes) is 1. The predicted molar refractivity (Wildman–Crippen MR) is 31.0 cm³/mol. The van der Waals surface area contributed by atoms with Gasteiger partial charge in [-0.15, -0.1) is 0 Å². The molecule has 4 heteroatoms. The van der Waals surface area contributed by atoms with Crippen LogP contribution >= 0.6 is 8.03 Å². The molecule has 0 fully saturated rings. The fraction of sp³-hybridized carbons (Fsp3) is 1.00. The molecule has 0 aliphatic heterocycles. The van der Waals surface area contributed by atoms with Crippen molar-refractivity contribution in [1.29, 1.82) is 0 Å². The first kappa shape index (κ1) is 12.2. The van der Waals surface area contributed by atoms with Gasteiger partial charge in [0.25, 0.3) is 0 Å². The molecule has 48 valence electrons. The molecule has 0 aliphatic rings. The first-order valence-electron chi connectivity index (χ1n) is 2.49. The smallest absolute Gasteiger partial charge is 0.189 e. The molecule has 0 aromatic carbocycles. The van der Waals surface area contributed by atoms with Crippen LogP contribution in [0, 0.1) is 40.8 Å². The van der Waals surface area contributed by atoms with Crippen LogP contribution in [0.25, 0.3) is 0 Å². The largest absolute Gasteiger partial charge is 0.346 e. The van der Waals surface area contributed by atoms with Crippen LogP contribution in [-0.4, -0.2) is 11.1 Å². The zero-order valence-electron chi connectivity index (χ0n) is 4.98. The van der Waals surface area contributed by atoms with Crippen molar-refractivity contribution in [1.82, 2.24) is 0 Å². The van der Waals surface area contributed by atoms with Crippen molar-refractivity contribution < 1.29 is 50.3 Å². The standard InChI is InChI=1S/C4H11O2P.Nd/c1-2-3-4-7(5)6;/h7H,2-4H2,1H3,(H,5,6);. The molecule has 0 aliphatic carbocycles. The first-order valence-corrected chi connectivity index (χ1v) is 4.05. The Hall–Kier alpha value is 1.54. The Morgan fingerprint density at radius 3 is 2.25 bits per heavy atom. The zero-order valence-corrected chi connectivity index (χ0v) is 9.18. The maximum atomic E-state index is 9.94. The van der Waals surface area contributed by atoms with Gasteiger partial charge >= 0.3 is 0 Å². The Morgan fingerprint density at radius 2 is 2.12 bits per heavy atom. The topological polar surface area (TPSA) is 37.3 Å². The van der Waals surface area contributed by atoms with Gasteiger partial charge in [-0.25, -0.2) is 0 Å². The molecular formula is C4H11NdO2P. The van der Waals surface area contributed by atoms with Crippen molar-refractivity contribution in [2.24, 2.45) is 0 Å². The molecule has 0 bridgehead atoms. The van der Waals surface area contributed by atoms with Gasteiger partial charge in [0, 0.05) is 47.0 Å². The normalized spacial score (nSPS) is 12.2. The first-order chi connectivity index (χ1) is 3.27. The molecule has 0 amide bonds. The van der Waals surface area contributed by atoms with Crippen LogP contribution in [-0.2, 0) is 4.57 Å². The molecule has 0 saturated heterocycles. The monoisotopic (exact) mass is 264 g/mol. The van der Waals surface area contributed by atoms with E-state index in [2.05, 4.69) is 0 Å². The SMILES string of the molecule is CCCC[PH](=O)O.[Nd]. The minimum atomic E-state index is -2.15. The molecule has 0 radical (unpaired) electrons. The molecule has 2 nitrogen and oxygen atoms in total. The molecule has 0 spiro atoms. The van der Waals surface area contributed by atoms with Crippen LogP contribution in [0.15, 0.2) is 0 Å². The third-order valence-electron chi connectivity index (χ3n) is 0.744. The van der Waals surface area contributed by atoms with Gasteiger partial charge in [-0.3, -0.25) is 4.57 Å². The van der Waals surface area contributed by atoms with Crippen LogP contribution in [0.5, 0.6) is 0 Å². The Morgan fingerprint density at radius 1 is 1.62 bits per heavy atom. The number of rotatable bonds is 3. The third-order valence-corrected chi connectivity index (χ3v) is 1.53. The summed E-state index contributed by atoms with van der Waals surface area (Å²) in [5, 5.41) is 0. The summed E-state index contributed by atoms with van der Waals surface area (Å²) in [6.45, 7) is 2.00. The summed E-state index contributed by atoms with van der Waals surface area (Å²) >= 11 is 0. The van der Waals surface area contributed by atoms with Gasteiger partial charge in [0.15, 0.2) is 8.03 Å². The van der Waals surface area contributed by atoms with Crippen LogP contribution < -0.4 is 0 Å². The van der Waals surface area contributed by atoms with Gasteiger partial charge in [0.05, 0.1) is 0 Å². The molecule has 1 N–H and O–H groups in total. The summed E-state index contributed by atoms with van der Waals surface area (Å²) in [5.41, 5.74) is 0. The minimum Gasteiger partial charge on any atom is -0.346 e. The van der Waals surface area contributed by atoms with E-state index < -0.39 is 8.03 Å². The van der Waals surface area contributed by atoms with Crippen LogP contribution in [0.2, 0.25) is 0 Å². The van der Waals surface area contributed by atoms with Crippen molar-refractivity contribution in [3.05, 3.63) is 0 Å². The predicted octanol–water partition coefficient (Wildman–Crippen LogP) is 1.25. The average Bonchev–Trinajstić information content (AvgIpc) is 1.61. The number of hydrogen-bond donors (Lipinski definition) is 1. The maximum Gasteiger partial charge on any atom is 0.189 e. The van der Waals surface area contributed by atoms with E-state index in [-0.39, 0.29) is 40.8 Å². The van der Waals surface area contributed by atoms with E-state index in [0.29, 0.717) is 6.16 Å². The molecule has 0 rings (SSSR count). The Bertz CT molecular complexity index is 67.1. The van der Waals surface area contributed by atoms with Crippen LogP contribution in [0.4, 0.5) is 0 Å². The fourth-order valence-electron chi connectivity index (χ4n) is 0.328. The summed E-state index contributed by atoms with van der Waals surface area (Å²) in [5.74, 6) is 0. The van der Waals surface area contributed by atoms with Crippen molar-refractivity contribution in [2.75, 3.05) is 6.16 Å². The molecule has 0 heterocycles. The molecular weight excluding hydrogens is 255 g/mol. The van der Waals surface area contributed by atoms with Crippen molar-refractivity contribution in [2.45, 2.75) is 19.8 Å². The minimum absolute atomic E-state index is 0. The zero-order chi connectivity index (χ0) is 5.70.